The van der Waals surface area contributed by atoms with E-state index in [0.717, 1.165) is 36.6 Å². The van der Waals surface area contributed by atoms with Crippen molar-refractivity contribution >= 4 is 5.69 Å². The van der Waals surface area contributed by atoms with Crippen molar-refractivity contribution in [2.75, 3.05) is 31.7 Å². The first kappa shape index (κ1) is 16.2. The van der Waals surface area contributed by atoms with Crippen LogP contribution in [0.4, 0.5) is 5.69 Å². The van der Waals surface area contributed by atoms with Gasteiger partial charge in [-0.2, -0.15) is 0 Å². The highest BCUT2D eigenvalue weighted by atomic mass is 16.5. The average molecular weight is 301 g/mol. The molecule has 0 bridgehead atoms. The molecule has 0 aliphatic rings. The number of hydrogen-bond acceptors (Lipinski definition) is 4. The van der Waals surface area contributed by atoms with Crippen LogP contribution in [0.5, 0.6) is 11.5 Å². The van der Waals surface area contributed by atoms with E-state index in [4.69, 9.17) is 14.6 Å². The summed E-state index contributed by atoms with van der Waals surface area (Å²) in [6.45, 7) is 2.05. The lowest BCUT2D eigenvalue weighted by Gasteiger charge is -2.13. The molecule has 0 atom stereocenters. The summed E-state index contributed by atoms with van der Waals surface area (Å²) in [5.74, 6) is 1.67. The van der Waals surface area contributed by atoms with Gasteiger partial charge >= 0.3 is 0 Å². The summed E-state index contributed by atoms with van der Waals surface area (Å²) in [5, 5.41) is 12.1. The Morgan fingerprint density at radius 2 is 1.55 bits per heavy atom. The van der Waals surface area contributed by atoms with Gasteiger partial charge in [-0.25, -0.2) is 0 Å². The van der Waals surface area contributed by atoms with E-state index in [0.29, 0.717) is 13.2 Å². The summed E-state index contributed by atoms with van der Waals surface area (Å²) in [6.07, 6.45) is 1.74. The van der Waals surface area contributed by atoms with Gasteiger partial charge in [-0.1, -0.05) is 30.3 Å². The summed E-state index contributed by atoms with van der Waals surface area (Å²) in [4.78, 5) is 0. The Labute approximate surface area is 131 Å². The Bertz CT molecular complexity index is 531. The number of hydrogen-bond donors (Lipinski definition) is 2. The molecule has 0 aliphatic heterocycles. The fourth-order valence-electron chi connectivity index (χ4n) is 2.03. The molecule has 0 saturated carbocycles. The molecule has 0 aliphatic carbocycles. The molecule has 22 heavy (non-hydrogen) atoms. The van der Waals surface area contributed by atoms with Crippen LogP contribution in [0.2, 0.25) is 0 Å². The van der Waals surface area contributed by atoms with Crippen molar-refractivity contribution in [3.05, 3.63) is 54.6 Å². The number of aliphatic hydroxyl groups excluding tert-OH is 1. The molecular formula is C18H23NO3. The van der Waals surface area contributed by atoms with Crippen LogP contribution in [0.25, 0.3) is 0 Å². The van der Waals surface area contributed by atoms with Crippen molar-refractivity contribution in [3.8, 4) is 11.5 Å². The highest BCUT2D eigenvalue weighted by molar-refractivity contribution is 5.56. The highest BCUT2D eigenvalue weighted by Crippen LogP contribution is 2.23. The van der Waals surface area contributed by atoms with Crippen LogP contribution >= 0.6 is 0 Å². The summed E-state index contributed by atoms with van der Waals surface area (Å²) in [7, 11) is 0. The van der Waals surface area contributed by atoms with Gasteiger partial charge in [0.25, 0.3) is 0 Å². The largest absolute Gasteiger partial charge is 0.490 e. The second-order valence-electron chi connectivity index (χ2n) is 4.86. The third-order valence-corrected chi connectivity index (χ3v) is 3.14. The van der Waals surface area contributed by atoms with Crippen LogP contribution in [-0.4, -0.2) is 31.5 Å². The second kappa shape index (κ2) is 9.68. The highest BCUT2D eigenvalue weighted by Gasteiger charge is 2.02. The van der Waals surface area contributed by atoms with Crippen molar-refractivity contribution in [2.45, 2.75) is 12.8 Å². The van der Waals surface area contributed by atoms with Gasteiger partial charge in [0.1, 0.15) is 24.7 Å². The number of nitrogens with one attached hydrogen (secondary N) is 1. The van der Waals surface area contributed by atoms with Crippen LogP contribution in [0.1, 0.15) is 12.8 Å². The molecule has 2 aromatic carbocycles. The summed E-state index contributed by atoms with van der Waals surface area (Å²) >= 11 is 0. The predicted molar refractivity (Wildman–Crippen MR) is 88.7 cm³/mol. The van der Waals surface area contributed by atoms with Crippen molar-refractivity contribution in [1.82, 2.24) is 0 Å². The lowest BCUT2D eigenvalue weighted by Crippen LogP contribution is -2.11. The Balaban J connectivity index is 1.74. The molecule has 4 nitrogen and oxygen atoms in total. The van der Waals surface area contributed by atoms with Crippen molar-refractivity contribution in [1.29, 1.82) is 0 Å². The number of unbranched alkanes of at least 4 members (excludes halogenated alkanes) is 1. The van der Waals surface area contributed by atoms with Gasteiger partial charge in [-0.05, 0) is 37.1 Å². The number of rotatable bonds is 10. The first-order chi connectivity index (χ1) is 10.9. The first-order valence-corrected chi connectivity index (χ1v) is 7.64. The maximum atomic E-state index is 8.79. The van der Waals surface area contributed by atoms with Crippen LogP contribution in [-0.2, 0) is 0 Å². The minimum atomic E-state index is 0.233. The lowest BCUT2D eigenvalue weighted by atomic mass is 10.2. The molecule has 4 heteroatoms. The molecule has 0 unspecified atom stereocenters. The van der Waals surface area contributed by atoms with E-state index in [9.17, 15) is 0 Å². The summed E-state index contributed by atoms with van der Waals surface area (Å²) in [5.41, 5.74) is 0.972. The maximum Gasteiger partial charge on any atom is 0.142 e. The topological polar surface area (TPSA) is 50.7 Å². The molecule has 0 spiro atoms. The summed E-state index contributed by atoms with van der Waals surface area (Å²) < 4.78 is 11.4. The Morgan fingerprint density at radius 3 is 2.36 bits per heavy atom. The molecular weight excluding hydrogens is 278 g/mol. The Morgan fingerprint density at radius 1 is 0.818 bits per heavy atom. The number of para-hydroxylation sites is 3. The predicted octanol–water partition coefficient (Wildman–Crippen LogP) is 3.33. The van der Waals surface area contributed by atoms with Crippen LogP contribution in [0.3, 0.4) is 0 Å². The van der Waals surface area contributed by atoms with Gasteiger partial charge in [0, 0.05) is 13.2 Å². The molecule has 2 aromatic rings. The van der Waals surface area contributed by atoms with Crippen molar-refractivity contribution < 1.29 is 14.6 Å². The average Bonchev–Trinajstić information content (AvgIpc) is 2.57. The van der Waals surface area contributed by atoms with Gasteiger partial charge in [0.15, 0.2) is 0 Å². The van der Waals surface area contributed by atoms with E-state index in [2.05, 4.69) is 5.32 Å². The van der Waals surface area contributed by atoms with Crippen LogP contribution in [0.15, 0.2) is 54.6 Å². The van der Waals surface area contributed by atoms with Gasteiger partial charge in [0.2, 0.25) is 0 Å². The van der Waals surface area contributed by atoms with Gasteiger partial charge < -0.3 is 19.9 Å². The van der Waals surface area contributed by atoms with E-state index in [1.165, 1.54) is 0 Å². The maximum absolute atomic E-state index is 8.79. The van der Waals surface area contributed by atoms with E-state index in [-0.39, 0.29) is 6.61 Å². The lowest BCUT2D eigenvalue weighted by molar-refractivity contribution is 0.218. The van der Waals surface area contributed by atoms with E-state index < -0.39 is 0 Å². The van der Waals surface area contributed by atoms with Crippen LogP contribution < -0.4 is 14.8 Å². The number of anilines is 1. The Kier molecular flexibility index (Phi) is 7.12. The zero-order valence-electron chi connectivity index (χ0n) is 12.7. The van der Waals surface area contributed by atoms with Crippen molar-refractivity contribution in [3.63, 3.8) is 0 Å². The molecule has 0 radical (unpaired) electrons. The molecule has 0 heterocycles. The van der Waals surface area contributed by atoms with E-state index >= 15 is 0 Å². The van der Waals surface area contributed by atoms with Gasteiger partial charge in [-0.15, -0.1) is 0 Å². The monoisotopic (exact) mass is 301 g/mol. The van der Waals surface area contributed by atoms with E-state index in [1.807, 2.05) is 54.6 Å². The second-order valence-corrected chi connectivity index (χ2v) is 4.86. The first-order valence-electron chi connectivity index (χ1n) is 7.64. The third kappa shape index (κ3) is 5.66. The Hall–Kier alpha value is -2.20. The van der Waals surface area contributed by atoms with Gasteiger partial charge in [0.05, 0.1) is 5.69 Å². The quantitative estimate of drug-likeness (QED) is 0.661. The fraction of sp³-hybridized carbons (Fsp3) is 0.333. The van der Waals surface area contributed by atoms with Gasteiger partial charge in [-0.3, -0.25) is 0 Å². The molecule has 0 aromatic heterocycles. The zero-order chi connectivity index (χ0) is 15.5. The molecule has 0 amide bonds. The molecule has 0 fully saturated rings. The number of ether oxygens (including phenoxy) is 2. The van der Waals surface area contributed by atoms with E-state index in [1.54, 1.807) is 0 Å². The number of benzene rings is 2. The molecule has 118 valence electrons. The smallest absolute Gasteiger partial charge is 0.142 e. The molecule has 2 rings (SSSR count). The van der Waals surface area contributed by atoms with Crippen LogP contribution in [0, 0.1) is 0 Å². The third-order valence-electron chi connectivity index (χ3n) is 3.14. The SMILES string of the molecule is OCCCCNc1ccccc1OCCOc1ccccc1. The molecule has 2 N–H and O–H groups in total. The molecule has 0 saturated heterocycles. The standard InChI is InChI=1S/C18H23NO3/c20-13-7-6-12-19-17-10-4-5-11-18(17)22-15-14-21-16-8-2-1-3-9-16/h1-5,8-11,19-20H,6-7,12-15H2. The summed E-state index contributed by atoms with van der Waals surface area (Å²) in [6, 6.07) is 17.6. The zero-order valence-corrected chi connectivity index (χ0v) is 12.7. The fourth-order valence-corrected chi connectivity index (χ4v) is 2.03. The normalized spacial score (nSPS) is 10.2. The minimum Gasteiger partial charge on any atom is -0.490 e. The number of aliphatic hydroxyl groups is 1. The minimum absolute atomic E-state index is 0.233. The van der Waals surface area contributed by atoms with Crippen molar-refractivity contribution in [2.24, 2.45) is 0 Å².